The average Bonchev–Trinajstić information content (AvgIpc) is 3.38. The van der Waals surface area contributed by atoms with Crippen LogP contribution < -0.4 is 5.30 Å². The van der Waals surface area contributed by atoms with Crippen LogP contribution in [0.25, 0.3) is 10.8 Å². The maximum atomic E-state index is 5.48. The molecule has 240 valence electrons. The molecule has 0 radical (unpaired) electrons. The second-order valence-electron chi connectivity index (χ2n) is 11.9. The van der Waals surface area contributed by atoms with Crippen LogP contribution in [0.3, 0.4) is 0 Å². The van der Waals surface area contributed by atoms with E-state index in [1.54, 1.807) is 0 Å². The van der Waals surface area contributed by atoms with Gasteiger partial charge >= 0.3 is 33.3 Å². The predicted octanol–water partition coefficient (Wildman–Crippen LogP) is 11.6. The van der Waals surface area contributed by atoms with Crippen LogP contribution >= 0.6 is 28.1 Å². The van der Waals surface area contributed by atoms with Crippen LogP contribution in [0, 0.1) is 0 Å². The summed E-state index contributed by atoms with van der Waals surface area (Å²) >= 11 is 0.194. The Morgan fingerprint density at radius 3 is 1.63 bits per heavy atom. The normalized spacial score (nSPS) is 14.4. The zero-order chi connectivity index (χ0) is 32.9. The third-order valence-electron chi connectivity index (χ3n) is 8.12. The van der Waals surface area contributed by atoms with Gasteiger partial charge in [0.2, 0.25) is 0 Å². The van der Waals surface area contributed by atoms with Gasteiger partial charge in [0.1, 0.15) is 0 Å². The molecule has 1 atom stereocenters. The van der Waals surface area contributed by atoms with Gasteiger partial charge in [-0.1, -0.05) is 137 Å². The van der Waals surface area contributed by atoms with Crippen LogP contribution in [0.1, 0.15) is 68.2 Å². The van der Waals surface area contributed by atoms with E-state index in [1.165, 1.54) is 44.5 Å². The van der Waals surface area contributed by atoms with Crippen molar-refractivity contribution in [1.82, 2.24) is 0 Å². The van der Waals surface area contributed by atoms with Gasteiger partial charge in [-0.05, 0) is 40.5 Å². The standard InChI is InChI=1S/C34H37N2P.C6H6.2ClH.Fe/c1-23(2)27-17-11-18-28(24(3)4)32(27)36-34-30-20-10-14-25-13-9-19-29(31(25)30)33(34)35-21-12-22-37(5)26-15-7-6-8-16-26;1-2-4-6-5-3-1;;;/h6-11,13-20,23-24H,12,21-22H2,1-5H3;1-6H;2*1H;/q;;;;+2/p-1. The van der Waals surface area contributed by atoms with Crippen molar-refractivity contribution in [2.24, 2.45) is 9.98 Å². The van der Waals surface area contributed by atoms with Crippen LogP contribution in [0.2, 0.25) is 0 Å². The fourth-order valence-electron chi connectivity index (χ4n) is 5.80. The van der Waals surface area contributed by atoms with E-state index < -0.39 is 7.92 Å². The zero-order valence-corrected chi connectivity index (χ0v) is 30.9. The van der Waals surface area contributed by atoms with Gasteiger partial charge in [0.25, 0.3) is 0 Å². The molecule has 0 bridgehead atoms. The Balaban J connectivity index is 0.000000466. The van der Waals surface area contributed by atoms with Crippen molar-refractivity contribution in [3.05, 3.63) is 144 Å². The first-order valence-corrected chi connectivity index (χ1v) is 21.1. The summed E-state index contributed by atoms with van der Waals surface area (Å²) in [5, 5.41) is 4.06. The molecule has 0 aliphatic heterocycles. The van der Waals surface area contributed by atoms with Crippen molar-refractivity contribution >= 4 is 61.3 Å². The number of para-hydroxylation sites is 1. The van der Waals surface area contributed by atoms with Gasteiger partial charge in [0, 0.05) is 37.4 Å². The third kappa shape index (κ3) is 9.41. The van der Waals surface area contributed by atoms with Gasteiger partial charge in [-0.15, -0.1) is 0 Å². The molecule has 1 aliphatic carbocycles. The summed E-state index contributed by atoms with van der Waals surface area (Å²) < 4.78 is 0. The smallest absolute Gasteiger partial charge is 0.0623 e. The molecular formula is C40H44Cl2FeN2P+. The minimum absolute atomic E-state index is 0.194. The number of nitrogens with zero attached hydrogens (tertiary/aromatic N) is 2. The Hall–Kier alpha value is -2.77. The number of aliphatic imine (C=N–C) groups is 2. The molecule has 0 aromatic heterocycles. The van der Waals surface area contributed by atoms with Crippen LogP contribution in [0.4, 0.5) is 5.69 Å². The van der Waals surface area contributed by atoms with Crippen molar-refractivity contribution < 1.29 is 13.1 Å². The molecule has 1 unspecified atom stereocenters. The summed E-state index contributed by atoms with van der Waals surface area (Å²) in [5.41, 5.74) is 8.28. The Kier molecular flexibility index (Phi) is 14.5. The fourth-order valence-corrected chi connectivity index (χ4v) is 7.54. The van der Waals surface area contributed by atoms with Crippen LogP contribution in [-0.4, -0.2) is 30.8 Å². The van der Waals surface area contributed by atoms with Crippen molar-refractivity contribution in [2.75, 3.05) is 19.4 Å². The second-order valence-corrected chi connectivity index (χ2v) is 16.4. The van der Waals surface area contributed by atoms with E-state index in [9.17, 15) is 0 Å². The van der Waals surface area contributed by atoms with E-state index in [0.717, 1.165) is 30.1 Å². The van der Waals surface area contributed by atoms with Crippen LogP contribution in [-0.2, 0) is 13.1 Å². The summed E-state index contributed by atoms with van der Waals surface area (Å²) in [6.45, 7) is 12.3. The molecule has 0 fully saturated rings. The minimum atomic E-state index is -0.547. The molecule has 46 heavy (non-hydrogen) atoms. The maximum Gasteiger partial charge on any atom is -0.0623 e. The third-order valence-corrected chi connectivity index (χ3v) is 10.5. The molecular weight excluding hydrogens is 666 g/mol. The number of rotatable bonds is 8. The molecule has 0 saturated carbocycles. The first-order chi connectivity index (χ1) is 22.4. The van der Waals surface area contributed by atoms with E-state index in [0.29, 0.717) is 11.8 Å². The average molecular weight is 711 g/mol. The zero-order valence-electron chi connectivity index (χ0n) is 27.3. The van der Waals surface area contributed by atoms with E-state index in [4.69, 9.17) is 30.2 Å². The molecule has 0 saturated heterocycles. The Morgan fingerprint density at radius 1 is 0.630 bits per heavy atom. The summed E-state index contributed by atoms with van der Waals surface area (Å²) in [7, 11) is 8.98. The van der Waals surface area contributed by atoms with Gasteiger partial charge in [-0.25, -0.2) is 4.99 Å². The molecule has 0 amide bonds. The number of halogens is 2. The van der Waals surface area contributed by atoms with Gasteiger partial charge in [-0.3, -0.25) is 4.99 Å². The Labute approximate surface area is 291 Å². The van der Waals surface area contributed by atoms with E-state index in [-0.39, 0.29) is 13.1 Å². The molecule has 2 nitrogen and oxygen atoms in total. The summed E-state index contributed by atoms with van der Waals surface area (Å²) in [4.78, 5) is 10.7. The maximum absolute atomic E-state index is 5.48. The van der Waals surface area contributed by atoms with Crippen LogP contribution in [0.5, 0.6) is 0 Å². The van der Waals surface area contributed by atoms with E-state index >= 15 is 0 Å². The minimum Gasteiger partial charge on any atom is -0.0623 e. The number of benzene rings is 5. The first kappa shape index (κ1) is 36.1. The van der Waals surface area contributed by atoms with Gasteiger partial charge < -0.3 is 0 Å². The first-order valence-electron chi connectivity index (χ1n) is 15.9. The van der Waals surface area contributed by atoms with Gasteiger partial charge in [0.15, 0.2) is 0 Å². The van der Waals surface area contributed by atoms with Crippen molar-refractivity contribution in [1.29, 1.82) is 0 Å². The SMILES string of the molecule is CC(C)c1cccc(C(C)C)c1N=C1C(=NCCC[PH+](C)c2ccccc2)c2cccc3cccc1c23.[Cl][Fe][Cl].c1ccccc1. The molecule has 0 spiro atoms. The van der Waals surface area contributed by atoms with Gasteiger partial charge in [-0.2, -0.15) is 0 Å². The van der Waals surface area contributed by atoms with Crippen molar-refractivity contribution in [2.45, 2.75) is 46.0 Å². The van der Waals surface area contributed by atoms with Gasteiger partial charge in [0.05, 0.1) is 35.2 Å². The van der Waals surface area contributed by atoms with E-state index in [2.05, 4.69) is 119 Å². The van der Waals surface area contributed by atoms with Crippen LogP contribution in [0.15, 0.2) is 131 Å². The summed E-state index contributed by atoms with van der Waals surface area (Å²) in [6, 6.07) is 42.8. The molecule has 5 aromatic carbocycles. The van der Waals surface area contributed by atoms with Crippen molar-refractivity contribution in [3.63, 3.8) is 0 Å². The Bertz CT molecular complexity index is 1680. The molecule has 0 heterocycles. The molecule has 0 N–H and O–H groups in total. The molecule has 1 aliphatic rings. The largest absolute Gasteiger partial charge is 0.0623 e. The second kappa shape index (κ2) is 18.5. The van der Waals surface area contributed by atoms with E-state index in [1.807, 2.05) is 36.4 Å². The number of hydrogen-bond donors (Lipinski definition) is 0. The predicted molar refractivity (Wildman–Crippen MR) is 204 cm³/mol. The molecule has 6 rings (SSSR count). The summed E-state index contributed by atoms with van der Waals surface area (Å²) in [6.07, 6.45) is 2.32. The Morgan fingerprint density at radius 2 is 1.11 bits per heavy atom. The number of hydrogen-bond acceptors (Lipinski definition) is 2. The fraction of sp³-hybridized carbons (Fsp3) is 0.250. The van der Waals surface area contributed by atoms with Crippen molar-refractivity contribution in [3.8, 4) is 0 Å². The molecule has 5 aromatic rings. The monoisotopic (exact) mass is 709 g/mol. The quantitative estimate of drug-likeness (QED) is 0.0870. The molecule has 6 heteroatoms. The summed E-state index contributed by atoms with van der Waals surface area (Å²) in [5.74, 6) is 0.808. The topological polar surface area (TPSA) is 24.7 Å².